The van der Waals surface area contributed by atoms with Crippen molar-refractivity contribution in [3.8, 4) is 5.75 Å². The molecule has 1 aromatic heterocycles. The smallest absolute Gasteiger partial charge is 0.336 e. The summed E-state index contributed by atoms with van der Waals surface area (Å²) in [6.07, 6.45) is 0.0353. The Bertz CT molecular complexity index is 862. The molecule has 27 heavy (non-hydrogen) atoms. The number of hydrogen-bond acceptors (Lipinski definition) is 7. The Kier molecular flexibility index (Phi) is 7.33. The van der Waals surface area contributed by atoms with Crippen molar-refractivity contribution in [1.82, 2.24) is 5.32 Å². The summed E-state index contributed by atoms with van der Waals surface area (Å²) in [5.74, 6) is -0.699. The first-order chi connectivity index (χ1) is 12.9. The summed E-state index contributed by atoms with van der Waals surface area (Å²) in [4.78, 5) is 35.5. The van der Waals surface area contributed by atoms with Gasteiger partial charge in [0.1, 0.15) is 24.0 Å². The monoisotopic (exact) mass is 378 g/mol. The van der Waals surface area contributed by atoms with Gasteiger partial charge < -0.3 is 29.7 Å². The van der Waals surface area contributed by atoms with Gasteiger partial charge in [0.2, 0.25) is 11.8 Å². The average Bonchev–Trinajstić information content (AvgIpc) is 2.63. The minimum atomic E-state index is -1.00. The number of amides is 2. The van der Waals surface area contributed by atoms with Crippen LogP contribution in [0.2, 0.25) is 0 Å². The van der Waals surface area contributed by atoms with Gasteiger partial charge in [-0.05, 0) is 17.7 Å². The van der Waals surface area contributed by atoms with Gasteiger partial charge in [0, 0.05) is 31.0 Å². The fourth-order valence-corrected chi connectivity index (χ4v) is 2.49. The summed E-state index contributed by atoms with van der Waals surface area (Å²) in [5.41, 5.74) is 5.66. The van der Waals surface area contributed by atoms with Crippen LogP contribution in [0.1, 0.15) is 5.56 Å². The van der Waals surface area contributed by atoms with E-state index in [9.17, 15) is 14.4 Å². The van der Waals surface area contributed by atoms with Gasteiger partial charge in [-0.1, -0.05) is 0 Å². The van der Waals surface area contributed by atoms with Gasteiger partial charge in [-0.25, -0.2) is 4.79 Å². The maximum Gasteiger partial charge on any atom is 0.336 e. The molecule has 0 bridgehead atoms. The second-order valence-electron chi connectivity index (χ2n) is 5.72. The standard InChI is InChI=1S/C18H22N2O7/c1-24-5-6-26-10-16(21)20-14(18(19)23)7-11-8-17(22)27-15-9-12(25-2)3-4-13(11)15/h3-4,8-9,14H,5-7,10H2,1-2H3,(H2,19,23)(H,20,21)/t14-/m0/s1. The van der Waals surface area contributed by atoms with E-state index in [2.05, 4.69) is 5.32 Å². The highest BCUT2D eigenvalue weighted by atomic mass is 16.5. The molecule has 9 nitrogen and oxygen atoms in total. The van der Waals surface area contributed by atoms with Crippen molar-refractivity contribution in [2.24, 2.45) is 5.73 Å². The molecule has 146 valence electrons. The predicted octanol–water partition coefficient (Wildman–Crippen LogP) is -0.0228. The first kappa shape index (κ1) is 20.4. The summed E-state index contributed by atoms with van der Waals surface area (Å²) in [6.45, 7) is 0.362. The highest BCUT2D eigenvalue weighted by molar-refractivity contribution is 5.88. The lowest BCUT2D eigenvalue weighted by atomic mass is 10.0. The molecule has 2 rings (SSSR count). The van der Waals surface area contributed by atoms with Gasteiger partial charge in [-0.15, -0.1) is 0 Å². The molecule has 0 radical (unpaired) electrons. The molecule has 0 saturated carbocycles. The van der Waals surface area contributed by atoms with Crippen LogP contribution in [-0.2, 0) is 25.5 Å². The van der Waals surface area contributed by atoms with Gasteiger partial charge in [0.15, 0.2) is 0 Å². The summed E-state index contributed by atoms with van der Waals surface area (Å²) >= 11 is 0. The van der Waals surface area contributed by atoms with Crippen LogP contribution in [-0.4, -0.2) is 51.9 Å². The second kappa shape index (κ2) is 9.70. The van der Waals surface area contributed by atoms with Crippen LogP contribution in [0.4, 0.5) is 0 Å². The lowest BCUT2D eigenvalue weighted by Crippen LogP contribution is -2.47. The van der Waals surface area contributed by atoms with E-state index in [0.29, 0.717) is 28.9 Å². The second-order valence-corrected chi connectivity index (χ2v) is 5.72. The average molecular weight is 378 g/mol. The molecule has 0 aliphatic carbocycles. The summed E-state index contributed by atoms with van der Waals surface area (Å²) in [5, 5.41) is 3.13. The number of nitrogens with two attached hydrogens (primary N) is 1. The number of primary amides is 1. The SMILES string of the molecule is COCCOCC(=O)N[C@@H](Cc1cc(=O)oc2cc(OC)ccc12)C(N)=O. The Morgan fingerprint density at radius 1 is 1.22 bits per heavy atom. The third-order valence-electron chi connectivity index (χ3n) is 3.81. The minimum absolute atomic E-state index is 0.0353. The molecule has 2 aromatic rings. The third-order valence-corrected chi connectivity index (χ3v) is 3.81. The van der Waals surface area contributed by atoms with Gasteiger partial charge in [-0.2, -0.15) is 0 Å². The third kappa shape index (κ3) is 5.80. The van der Waals surface area contributed by atoms with Crippen LogP contribution in [0, 0.1) is 0 Å². The van der Waals surface area contributed by atoms with Crippen LogP contribution in [0.25, 0.3) is 11.0 Å². The Labute approximate surface area is 155 Å². The van der Waals surface area contributed by atoms with Crippen LogP contribution < -0.4 is 21.4 Å². The molecule has 0 spiro atoms. The summed E-state index contributed by atoms with van der Waals surface area (Å²) in [7, 11) is 3.01. The molecule has 3 N–H and O–H groups in total. The van der Waals surface area contributed by atoms with Gasteiger partial charge in [0.05, 0.1) is 20.3 Å². The number of fused-ring (bicyclic) bond motifs is 1. The Hall–Kier alpha value is -2.91. The molecule has 2 amide bonds. The maximum atomic E-state index is 11.9. The van der Waals surface area contributed by atoms with Gasteiger partial charge >= 0.3 is 5.63 Å². The Morgan fingerprint density at radius 2 is 2.00 bits per heavy atom. The van der Waals surface area contributed by atoms with Crippen molar-refractivity contribution in [3.63, 3.8) is 0 Å². The van der Waals surface area contributed by atoms with E-state index in [1.165, 1.54) is 20.3 Å². The predicted molar refractivity (Wildman–Crippen MR) is 96.6 cm³/mol. The molecular formula is C18H22N2O7. The topological polar surface area (TPSA) is 130 Å². The Balaban J connectivity index is 2.17. The number of carbonyl (C=O) groups excluding carboxylic acids is 2. The first-order valence-corrected chi connectivity index (χ1v) is 8.20. The molecule has 0 aliphatic rings. The number of hydrogen-bond donors (Lipinski definition) is 2. The van der Waals surface area contributed by atoms with Crippen LogP contribution in [0.3, 0.4) is 0 Å². The van der Waals surface area contributed by atoms with Crippen LogP contribution in [0.5, 0.6) is 5.75 Å². The number of carbonyl (C=O) groups is 2. The lowest BCUT2D eigenvalue weighted by molar-refractivity contribution is -0.130. The molecule has 1 heterocycles. The van der Waals surface area contributed by atoms with Crippen molar-refractivity contribution in [1.29, 1.82) is 0 Å². The van der Waals surface area contributed by atoms with Crippen molar-refractivity contribution in [2.75, 3.05) is 34.0 Å². The Morgan fingerprint density at radius 3 is 2.67 bits per heavy atom. The van der Waals surface area contributed by atoms with Crippen LogP contribution >= 0.6 is 0 Å². The fraction of sp³-hybridized carbons (Fsp3) is 0.389. The van der Waals surface area contributed by atoms with E-state index >= 15 is 0 Å². The van der Waals surface area contributed by atoms with E-state index in [-0.39, 0.29) is 19.6 Å². The van der Waals surface area contributed by atoms with Gasteiger partial charge in [-0.3, -0.25) is 9.59 Å². The molecule has 1 atom stereocenters. The highest BCUT2D eigenvalue weighted by Crippen LogP contribution is 2.23. The van der Waals surface area contributed by atoms with E-state index in [4.69, 9.17) is 24.4 Å². The van der Waals surface area contributed by atoms with E-state index in [1.807, 2.05) is 0 Å². The highest BCUT2D eigenvalue weighted by Gasteiger charge is 2.20. The van der Waals surface area contributed by atoms with Crippen molar-refractivity contribution >= 4 is 22.8 Å². The zero-order chi connectivity index (χ0) is 19.8. The van der Waals surface area contributed by atoms with E-state index < -0.39 is 23.5 Å². The normalized spacial score (nSPS) is 11.9. The fourth-order valence-electron chi connectivity index (χ4n) is 2.49. The summed E-state index contributed by atoms with van der Waals surface area (Å²) < 4.78 is 20.2. The zero-order valence-corrected chi connectivity index (χ0v) is 15.2. The molecule has 0 aliphatic heterocycles. The zero-order valence-electron chi connectivity index (χ0n) is 15.2. The van der Waals surface area contributed by atoms with Crippen molar-refractivity contribution in [2.45, 2.75) is 12.5 Å². The van der Waals surface area contributed by atoms with Gasteiger partial charge in [0.25, 0.3) is 0 Å². The number of ether oxygens (including phenoxy) is 3. The number of benzene rings is 1. The largest absolute Gasteiger partial charge is 0.497 e. The molecule has 0 saturated heterocycles. The molecule has 0 unspecified atom stereocenters. The quantitative estimate of drug-likeness (QED) is 0.439. The van der Waals surface area contributed by atoms with Crippen molar-refractivity contribution < 1.29 is 28.2 Å². The molecular weight excluding hydrogens is 356 g/mol. The summed E-state index contributed by atoms with van der Waals surface area (Å²) in [6, 6.07) is 5.25. The van der Waals surface area contributed by atoms with E-state index in [0.717, 1.165) is 0 Å². The number of nitrogens with one attached hydrogen (secondary N) is 1. The molecule has 9 heteroatoms. The minimum Gasteiger partial charge on any atom is -0.497 e. The number of rotatable bonds is 10. The molecule has 1 aromatic carbocycles. The lowest BCUT2D eigenvalue weighted by Gasteiger charge is -2.16. The molecule has 0 fully saturated rings. The first-order valence-electron chi connectivity index (χ1n) is 8.20. The van der Waals surface area contributed by atoms with E-state index in [1.54, 1.807) is 18.2 Å². The van der Waals surface area contributed by atoms with Crippen LogP contribution in [0.15, 0.2) is 33.5 Å². The number of methoxy groups -OCH3 is 2. The van der Waals surface area contributed by atoms with Crippen molar-refractivity contribution in [3.05, 3.63) is 40.2 Å². The maximum absolute atomic E-state index is 11.9.